The molecule has 72 valence electrons. The molecule has 0 aliphatic heterocycles. The van der Waals surface area contributed by atoms with Gasteiger partial charge >= 0.3 is 0 Å². The Bertz CT molecular complexity index is 256. The lowest BCUT2D eigenvalue weighted by atomic mass is 10.1. The molecule has 0 saturated heterocycles. The number of anilines is 1. The van der Waals surface area contributed by atoms with Crippen LogP contribution in [0.5, 0.6) is 0 Å². The first-order valence-corrected chi connectivity index (χ1v) is 4.78. The van der Waals surface area contributed by atoms with Crippen LogP contribution in [0.15, 0.2) is 24.3 Å². The molecule has 0 saturated carbocycles. The van der Waals surface area contributed by atoms with Crippen molar-refractivity contribution in [2.24, 2.45) is 5.73 Å². The van der Waals surface area contributed by atoms with E-state index in [4.69, 9.17) is 5.73 Å². The summed E-state index contributed by atoms with van der Waals surface area (Å²) in [5.74, 6) is 0. The van der Waals surface area contributed by atoms with Gasteiger partial charge in [-0.15, -0.1) is 0 Å². The van der Waals surface area contributed by atoms with Gasteiger partial charge < -0.3 is 11.1 Å². The molecule has 0 heterocycles. The van der Waals surface area contributed by atoms with Crippen LogP contribution in [0.1, 0.15) is 19.4 Å². The highest BCUT2D eigenvalue weighted by atomic mass is 14.9. The maximum Gasteiger partial charge on any atom is 0.0344 e. The van der Waals surface area contributed by atoms with Crippen LogP contribution in [0.4, 0.5) is 5.69 Å². The molecule has 0 radical (unpaired) electrons. The van der Waals surface area contributed by atoms with Crippen molar-refractivity contribution in [2.45, 2.75) is 26.3 Å². The first-order chi connectivity index (χ1) is 6.22. The van der Waals surface area contributed by atoms with Gasteiger partial charge in [0.05, 0.1) is 0 Å². The molecule has 0 aliphatic carbocycles. The van der Waals surface area contributed by atoms with Crippen molar-refractivity contribution in [1.29, 1.82) is 0 Å². The standard InChI is InChI=1S/C11H18N2/c1-9(2)13-11-5-3-4-10(8-11)6-7-12/h3-5,8-9,13H,6-7,12H2,1-2H3. The van der Waals surface area contributed by atoms with Crippen LogP contribution >= 0.6 is 0 Å². The maximum atomic E-state index is 5.49. The second-order valence-electron chi connectivity index (χ2n) is 3.54. The van der Waals surface area contributed by atoms with Crippen molar-refractivity contribution < 1.29 is 0 Å². The van der Waals surface area contributed by atoms with E-state index >= 15 is 0 Å². The fraction of sp³-hybridized carbons (Fsp3) is 0.455. The van der Waals surface area contributed by atoms with Gasteiger partial charge in [-0.25, -0.2) is 0 Å². The Hall–Kier alpha value is -1.02. The largest absolute Gasteiger partial charge is 0.383 e. The first kappa shape index (κ1) is 10.1. The van der Waals surface area contributed by atoms with Crippen LogP contribution in [0.2, 0.25) is 0 Å². The van der Waals surface area contributed by atoms with Crippen molar-refractivity contribution in [3.05, 3.63) is 29.8 Å². The van der Waals surface area contributed by atoms with Crippen molar-refractivity contribution in [1.82, 2.24) is 0 Å². The zero-order chi connectivity index (χ0) is 9.68. The molecule has 0 atom stereocenters. The number of nitrogens with two attached hydrogens (primary N) is 1. The summed E-state index contributed by atoms with van der Waals surface area (Å²) in [4.78, 5) is 0. The molecule has 1 aromatic rings. The average molecular weight is 178 g/mol. The molecule has 3 N–H and O–H groups in total. The van der Waals surface area contributed by atoms with Crippen molar-refractivity contribution in [3.63, 3.8) is 0 Å². The highest BCUT2D eigenvalue weighted by molar-refractivity contribution is 5.46. The Morgan fingerprint density at radius 1 is 1.38 bits per heavy atom. The first-order valence-electron chi connectivity index (χ1n) is 4.78. The van der Waals surface area contributed by atoms with Crippen molar-refractivity contribution >= 4 is 5.69 Å². The fourth-order valence-corrected chi connectivity index (χ4v) is 1.32. The molecule has 0 aliphatic rings. The van der Waals surface area contributed by atoms with Gasteiger partial charge in [0, 0.05) is 11.7 Å². The van der Waals surface area contributed by atoms with Crippen LogP contribution in [0.25, 0.3) is 0 Å². The molecular formula is C11H18N2. The molecule has 0 aromatic heterocycles. The molecular weight excluding hydrogens is 160 g/mol. The Balaban J connectivity index is 2.67. The zero-order valence-corrected chi connectivity index (χ0v) is 8.38. The van der Waals surface area contributed by atoms with Gasteiger partial charge in [-0.2, -0.15) is 0 Å². The van der Waals surface area contributed by atoms with E-state index in [2.05, 4.69) is 43.4 Å². The number of hydrogen-bond donors (Lipinski definition) is 2. The summed E-state index contributed by atoms with van der Waals surface area (Å²) in [5, 5.41) is 3.36. The van der Waals surface area contributed by atoms with Crippen LogP contribution in [0.3, 0.4) is 0 Å². The van der Waals surface area contributed by atoms with Crippen LogP contribution in [0, 0.1) is 0 Å². The van der Waals surface area contributed by atoms with E-state index in [0.717, 1.165) is 6.42 Å². The normalized spacial score (nSPS) is 10.5. The van der Waals surface area contributed by atoms with Crippen LogP contribution < -0.4 is 11.1 Å². The summed E-state index contributed by atoms with van der Waals surface area (Å²) in [6, 6.07) is 8.90. The molecule has 1 rings (SSSR count). The highest BCUT2D eigenvalue weighted by Gasteiger charge is 1.96. The van der Waals surface area contributed by atoms with Gasteiger partial charge in [0.1, 0.15) is 0 Å². The lowest BCUT2D eigenvalue weighted by Gasteiger charge is -2.10. The molecule has 0 bridgehead atoms. The summed E-state index contributed by atoms with van der Waals surface area (Å²) in [5.41, 5.74) is 7.97. The maximum absolute atomic E-state index is 5.49. The lowest BCUT2D eigenvalue weighted by molar-refractivity contribution is 0.897. The minimum Gasteiger partial charge on any atom is -0.383 e. The molecule has 0 amide bonds. The van der Waals surface area contributed by atoms with Crippen LogP contribution in [-0.2, 0) is 6.42 Å². The molecule has 0 spiro atoms. The quantitative estimate of drug-likeness (QED) is 0.740. The smallest absolute Gasteiger partial charge is 0.0344 e. The zero-order valence-electron chi connectivity index (χ0n) is 8.38. The molecule has 13 heavy (non-hydrogen) atoms. The van der Waals surface area contributed by atoms with E-state index in [9.17, 15) is 0 Å². The van der Waals surface area contributed by atoms with Gasteiger partial charge in [0.15, 0.2) is 0 Å². The Labute approximate surface area is 80.1 Å². The molecule has 2 heteroatoms. The Morgan fingerprint density at radius 2 is 2.15 bits per heavy atom. The Morgan fingerprint density at radius 3 is 2.77 bits per heavy atom. The molecule has 0 fully saturated rings. The van der Waals surface area contributed by atoms with Crippen molar-refractivity contribution in [3.8, 4) is 0 Å². The third-order valence-corrected chi connectivity index (χ3v) is 1.82. The second kappa shape index (κ2) is 4.87. The van der Waals surface area contributed by atoms with E-state index < -0.39 is 0 Å². The van der Waals surface area contributed by atoms with Crippen LogP contribution in [-0.4, -0.2) is 12.6 Å². The summed E-state index contributed by atoms with van der Waals surface area (Å²) in [7, 11) is 0. The fourth-order valence-electron chi connectivity index (χ4n) is 1.32. The molecule has 1 aromatic carbocycles. The number of nitrogens with one attached hydrogen (secondary N) is 1. The van der Waals surface area contributed by atoms with Gasteiger partial charge in [-0.1, -0.05) is 12.1 Å². The van der Waals surface area contributed by atoms with E-state index in [-0.39, 0.29) is 0 Å². The number of benzene rings is 1. The third-order valence-electron chi connectivity index (χ3n) is 1.82. The van der Waals surface area contributed by atoms with E-state index in [1.807, 2.05) is 0 Å². The number of rotatable bonds is 4. The lowest BCUT2D eigenvalue weighted by Crippen LogP contribution is -2.10. The van der Waals surface area contributed by atoms with E-state index in [1.165, 1.54) is 11.3 Å². The summed E-state index contributed by atoms with van der Waals surface area (Å²) in [6.07, 6.45) is 0.952. The summed E-state index contributed by atoms with van der Waals surface area (Å²) < 4.78 is 0. The minimum atomic E-state index is 0.480. The average Bonchev–Trinajstić information content (AvgIpc) is 2.04. The van der Waals surface area contributed by atoms with E-state index in [0.29, 0.717) is 12.6 Å². The van der Waals surface area contributed by atoms with Gasteiger partial charge in [-0.05, 0) is 44.5 Å². The second-order valence-corrected chi connectivity index (χ2v) is 3.54. The summed E-state index contributed by atoms with van der Waals surface area (Å²) >= 11 is 0. The number of hydrogen-bond acceptors (Lipinski definition) is 2. The minimum absolute atomic E-state index is 0.480. The Kier molecular flexibility index (Phi) is 3.77. The van der Waals surface area contributed by atoms with Crippen molar-refractivity contribution in [2.75, 3.05) is 11.9 Å². The topological polar surface area (TPSA) is 38.0 Å². The summed E-state index contributed by atoms with van der Waals surface area (Å²) in [6.45, 7) is 4.98. The van der Waals surface area contributed by atoms with Gasteiger partial charge in [0.2, 0.25) is 0 Å². The highest BCUT2D eigenvalue weighted by Crippen LogP contribution is 2.11. The van der Waals surface area contributed by atoms with Gasteiger partial charge in [-0.3, -0.25) is 0 Å². The predicted octanol–water partition coefficient (Wildman–Crippen LogP) is 2.01. The third kappa shape index (κ3) is 3.47. The molecule has 0 unspecified atom stereocenters. The molecule has 2 nitrogen and oxygen atoms in total. The SMILES string of the molecule is CC(C)Nc1cccc(CCN)c1. The van der Waals surface area contributed by atoms with E-state index in [1.54, 1.807) is 0 Å². The predicted molar refractivity (Wildman–Crippen MR) is 58.0 cm³/mol. The monoisotopic (exact) mass is 178 g/mol. The van der Waals surface area contributed by atoms with Gasteiger partial charge in [0.25, 0.3) is 0 Å².